The lowest BCUT2D eigenvalue weighted by Crippen LogP contribution is -2.45. The zero-order chi connectivity index (χ0) is 13.3. The molecule has 0 saturated carbocycles. The molecular weight excluding hydrogens is 252 g/mol. The van der Waals surface area contributed by atoms with E-state index in [1.165, 1.54) is 4.57 Å². The second-order valence-electron chi connectivity index (χ2n) is 3.97. The van der Waals surface area contributed by atoms with Crippen molar-refractivity contribution in [1.82, 2.24) is 4.57 Å². The Hall–Kier alpha value is -2.41. The number of fused-ring (bicyclic) bond motifs is 1. The number of hydrogen-bond acceptors (Lipinski definition) is 3. The highest BCUT2D eigenvalue weighted by molar-refractivity contribution is 5.76. The van der Waals surface area contributed by atoms with Crippen LogP contribution in [0.25, 0.3) is 11.0 Å². The Kier molecular flexibility index (Phi) is 4.23. The lowest BCUT2D eigenvalue weighted by Gasteiger charge is -2.01. The number of aliphatic carboxylic acids is 2. The first-order chi connectivity index (χ1) is 8.50. The summed E-state index contributed by atoms with van der Waals surface area (Å²) in [7, 11) is 0. The van der Waals surface area contributed by atoms with Crippen LogP contribution in [-0.4, -0.2) is 27.1 Å². The molecular formula is C12H14N2O5. The third kappa shape index (κ3) is 2.71. The maximum atomic E-state index is 10.8. The molecule has 7 nitrogen and oxygen atoms in total. The smallest absolute Gasteiger partial charge is 0.346 e. The average molecular weight is 266 g/mol. The van der Waals surface area contributed by atoms with Crippen molar-refractivity contribution in [3.63, 3.8) is 0 Å². The minimum atomic E-state index is -1.21. The minimum absolute atomic E-state index is 0. The van der Waals surface area contributed by atoms with Crippen molar-refractivity contribution in [1.29, 1.82) is 0 Å². The highest BCUT2D eigenvalue weighted by atomic mass is 16.4. The molecule has 7 heteroatoms. The van der Waals surface area contributed by atoms with Gasteiger partial charge in [0.15, 0.2) is 17.6 Å². The molecule has 0 aliphatic carbocycles. The molecule has 0 amide bonds. The molecule has 0 fully saturated rings. The van der Waals surface area contributed by atoms with Gasteiger partial charge in [0.1, 0.15) is 6.54 Å². The molecule has 1 aromatic carbocycles. The molecule has 3 N–H and O–H groups in total. The lowest BCUT2D eigenvalue weighted by atomic mass is 10.3. The summed E-state index contributed by atoms with van der Waals surface area (Å²) < 4.78 is 3.11. The zero-order valence-corrected chi connectivity index (χ0v) is 10.3. The quantitative estimate of drug-likeness (QED) is 0.660. The summed E-state index contributed by atoms with van der Waals surface area (Å²) in [5, 5.41) is 19.6. The van der Waals surface area contributed by atoms with E-state index < -0.39 is 11.9 Å². The maximum absolute atomic E-state index is 10.8. The van der Waals surface area contributed by atoms with Gasteiger partial charge in [0.2, 0.25) is 0 Å². The molecule has 19 heavy (non-hydrogen) atoms. The van der Waals surface area contributed by atoms with Crippen LogP contribution in [0.4, 0.5) is 0 Å². The van der Waals surface area contributed by atoms with Crippen molar-refractivity contribution >= 4 is 23.0 Å². The molecule has 102 valence electrons. The molecule has 0 saturated heterocycles. The monoisotopic (exact) mass is 266 g/mol. The first-order valence-corrected chi connectivity index (χ1v) is 5.40. The Bertz CT molecular complexity index is 579. The second-order valence-corrected chi connectivity index (χ2v) is 3.97. The van der Waals surface area contributed by atoms with Crippen LogP contribution in [0.15, 0.2) is 24.3 Å². The van der Waals surface area contributed by atoms with Crippen molar-refractivity contribution in [3.05, 3.63) is 30.1 Å². The Morgan fingerprint density at radius 3 is 2.58 bits per heavy atom. The fourth-order valence-corrected chi connectivity index (χ4v) is 2.08. The van der Waals surface area contributed by atoms with Crippen LogP contribution in [0.2, 0.25) is 0 Å². The normalized spacial score (nSPS) is 10.2. The summed E-state index contributed by atoms with van der Waals surface area (Å²) in [4.78, 5) is 21.6. The van der Waals surface area contributed by atoms with Gasteiger partial charge in [0, 0.05) is 6.92 Å². The van der Waals surface area contributed by atoms with Crippen molar-refractivity contribution in [2.24, 2.45) is 0 Å². The number of carboxylic acid groups (broad SMARTS) is 2. The topological polar surface area (TPSA) is 118 Å². The highest BCUT2D eigenvalue weighted by Gasteiger charge is 2.22. The number of benzene rings is 1. The minimum Gasteiger partial charge on any atom is -0.546 e. The van der Waals surface area contributed by atoms with Crippen molar-refractivity contribution in [2.75, 3.05) is 0 Å². The van der Waals surface area contributed by atoms with Crippen LogP contribution in [0.1, 0.15) is 5.82 Å². The molecule has 0 radical (unpaired) electrons. The number of nitrogens with zero attached hydrogens (tertiary/aromatic N) is 2. The van der Waals surface area contributed by atoms with Crippen molar-refractivity contribution in [2.45, 2.75) is 20.0 Å². The van der Waals surface area contributed by atoms with Gasteiger partial charge in [-0.3, -0.25) is 0 Å². The van der Waals surface area contributed by atoms with Crippen LogP contribution < -0.4 is 9.67 Å². The predicted octanol–water partition coefficient (Wildman–Crippen LogP) is -1.75. The molecule has 1 heterocycles. The molecule has 0 unspecified atom stereocenters. The molecule has 2 rings (SSSR count). The summed E-state index contributed by atoms with van der Waals surface area (Å²) in [6.45, 7) is 1.19. The Labute approximate surface area is 108 Å². The number of carbonyl (C=O) groups excluding carboxylic acids is 1. The van der Waals surface area contributed by atoms with Crippen LogP contribution >= 0.6 is 0 Å². The summed E-state index contributed by atoms with van der Waals surface area (Å²) in [5.41, 5.74) is 1.37. The van der Waals surface area contributed by atoms with E-state index >= 15 is 0 Å². The summed E-state index contributed by atoms with van der Waals surface area (Å²) in [6, 6.07) is 7.07. The van der Waals surface area contributed by atoms with Gasteiger partial charge >= 0.3 is 5.97 Å². The van der Waals surface area contributed by atoms with Crippen molar-refractivity contribution in [3.8, 4) is 0 Å². The highest BCUT2D eigenvalue weighted by Crippen LogP contribution is 2.13. The number of hydrogen-bond donors (Lipinski definition) is 1. The average Bonchev–Trinajstić information content (AvgIpc) is 2.54. The van der Waals surface area contributed by atoms with Gasteiger partial charge in [-0.2, -0.15) is 0 Å². The number of imidazole rings is 1. The van der Waals surface area contributed by atoms with Crippen LogP contribution in [0.5, 0.6) is 0 Å². The van der Waals surface area contributed by atoms with E-state index in [-0.39, 0.29) is 18.6 Å². The molecule has 0 aliphatic rings. The van der Waals surface area contributed by atoms with E-state index in [4.69, 9.17) is 5.11 Å². The Morgan fingerprint density at radius 2 is 2.00 bits per heavy atom. The van der Waals surface area contributed by atoms with E-state index in [0.717, 1.165) is 0 Å². The first-order valence-electron chi connectivity index (χ1n) is 5.40. The molecule has 0 spiro atoms. The maximum Gasteiger partial charge on any atom is 0.346 e. The van der Waals surface area contributed by atoms with Crippen LogP contribution in [0.3, 0.4) is 0 Å². The summed E-state index contributed by atoms with van der Waals surface area (Å²) in [5.74, 6) is -1.61. The summed E-state index contributed by atoms with van der Waals surface area (Å²) in [6.07, 6.45) is 0. The molecule has 0 aliphatic heterocycles. The van der Waals surface area contributed by atoms with Crippen LogP contribution in [0, 0.1) is 6.92 Å². The SMILES string of the molecule is Cc1n(CC(=O)O)c2ccccc2[n+]1CC(=O)[O-].O. The van der Waals surface area contributed by atoms with Gasteiger partial charge in [-0.1, -0.05) is 12.1 Å². The van der Waals surface area contributed by atoms with E-state index in [1.807, 2.05) is 0 Å². The fourth-order valence-electron chi connectivity index (χ4n) is 2.08. The lowest BCUT2D eigenvalue weighted by molar-refractivity contribution is -0.672. The number of aromatic nitrogens is 2. The van der Waals surface area contributed by atoms with E-state index in [0.29, 0.717) is 16.9 Å². The number of carbonyl (C=O) groups is 2. The molecule has 1 aromatic heterocycles. The third-order valence-electron chi connectivity index (χ3n) is 2.83. The van der Waals surface area contributed by atoms with E-state index in [2.05, 4.69) is 0 Å². The number of rotatable bonds is 4. The van der Waals surface area contributed by atoms with Gasteiger partial charge < -0.3 is 20.5 Å². The number of carboxylic acids is 2. The van der Waals surface area contributed by atoms with Crippen molar-refractivity contribution < 1.29 is 29.8 Å². The van der Waals surface area contributed by atoms with Gasteiger partial charge in [-0.25, -0.2) is 13.9 Å². The summed E-state index contributed by atoms with van der Waals surface area (Å²) >= 11 is 0. The third-order valence-corrected chi connectivity index (χ3v) is 2.83. The molecule has 2 aromatic rings. The standard InChI is InChI=1S/C12H12N2O4.H2O/c1-8-13(6-11(15)16)9-4-2-3-5-10(9)14(8)7-12(17)18;/h2-5H,6-7H2,1H3,(H-,15,16,17,18);1H2. The molecule has 0 bridgehead atoms. The van der Waals surface area contributed by atoms with Gasteiger partial charge in [0.05, 0.1) is 5.97 Å². The predicted molar refractivity (Wildman–Crippen MR) is 63.1 cm³/mol. The molecule has 0 atom stereocenters. The Morgan fingerprint density at radius 1 is 1.37 bits per heavy atom. The van der Waals surface area contributed by atoms with Gasteiger partial charge in [-0.05, 0) is 12.1 Å². The van der Waals surface area contributed by atoms with Gasteiger partial charge in [0.25, 0.3) is 5.82 Å². The zero-order valence-electron chi connectivity index (χ0n) is 10.3. The van der Waals surface area contributed by atoms with E-state index in [9.17, 15) is 14.7 Å². The van der Waals surface area contributed by atoms with Gasteiger partial charge in [-0.15, -0.1) is 0 Å². The second kappa shape index (κ2) is 5.49. The first kappa shape index (κ1) is 14.7. The Balaban J connectivity index is 0.00000180. The van der Waals surface area contributed by atoms with E-state index in [1.54, 1.807) is 35.8 Å². The largest absolute Gasteiger partial charge is 0.546 e. The van der Waals surface area contributed by atoms with Crippen LogP contribution in [-0.2, 0) is 22.7 Å². The number of para-hydroxylation sites is 2. The fraction of sp³-hybridized carbons (Fsp3) is 0.250.